The second-order valence-corrected chi connectivity index (χ2v) is 8.38. The van der Waals surface area contributed by atoms with Crippen LogP contribution in [-0.2, 0) is 4.79 Å². The maximum absolute atomic E-state index is 13.3. The van der Waals surface area contributed by atoms with Crippen molar-refractivity contribution in [1.82, 2.24) is 0 Å². The number of methoxy groups -OCH3 is 2. The summed E-state index contributed by atoms with van der Waals surface area (Å²) in [5.74, 6) is 0.699. The maximum atomic E-state index is 13.3. The molecule has 0 saturated carbocycles. The normalized spacial score (nSPS) is 14.9. The van der Waals surface area contributed by atoms with Crippen molar-refractivity contribution < 1.29 is 19.4 Å². The molecule has 31 heavy (non-hydrogen) atoms. The van der Waals surface area contributed by atoms with Crippen LogP contribution in [0, 0.1) is 0 Å². The second kappa shape index (κ2) is 8.83. The van der Waals surface area contributed by atoms with Crippen LogP contribution >= 0.6 is 24.0 Å². The first kappa shape index (κ1) is 21.0. The zero-order valence-electron chi connectivity index (χ0n) is 16.9. The number of carbonyl (C=O) groups excluding carboxylic acids is 1. The molecule has 4 rings (SSSR count). The van der Waals surface area contributed by atoms with E-state index < -0.39 is 0 Å². The summed E-state index contributed by atoms with van der Waals surface area (Å²) in [4.78, 5) is 15.2. The third kappa shape index (κ3) is 4.15. The lowest BCUT2D eigenvalue weighted by Crippen LogP contribution is -2.28. The largest absolute Gasteiger partial charge is 0.504 e. The number of phenolic OH excluding ortho intramolecular Hbond substituents is 1. The van der Waals surface area contributed by atoms with Crippen LogP contribution in [0.4, 0.5) is 5.69 Å². The van der Waals surface area contributed by atoms with Gasteiger partial charge in [-0.1, -0.05) is 66.4 Å². The van der Waals surface area contributed by atoms with Crippen LogP contribution in [0.25, 0.3) is 17.2 Å². The van der Waals surface area contributed by atoms with Crippen molar-refractivity contribution in [2.24, 2.45) is 0 Å². The molecule has 1 aliphatic rings. The number of rotatable bonds is 5. The molecule has 1 saturated heterocycles. The topological polar surface area (TPSA) is 59.0 Å². The van der Waals surface area contributed by atoms with Gasteiger partial charge in [-0.25, -0.2) is 0 Å². The van der Waals surface area contributed by atoms with E-state index in [1.54, 1.807) is 25.3 Å². The Balaban J connectivity index is 1.72. The first-order valence-electron chi connectivity index (χ1n) is 9.40. The second-order valence-electron chi connectivity index (χ2n) is 6.70. The Bertz CT molecular complexity index is 1190. The third-order valence-corrected chi connectivity index (χ3v) is 6.12. The molecule has 1 heterocycles. The van der Waals surface area contributed by atoms with Gasteiger partial charge in [0.1, 0.15) is 5.75 Å². The molecule has 156 valence electrons. The molecule has 3 aromatic carbocycles. The smallest absolute Gasteiger partial charge is 0.270 e. The highest BCUT2D eigenvalue weighted by Gasteiger charge is 2.35. The number of ether oxygens (including phenoxy) is 2. The number of amides is 1. The summed E-state index contributed by atoms with van der Waals surface area (Å²) >= 11 is 6.76. The van der Waals surface area contributed by atoms with Gasteiger partial charge in [0.05, 0.1) is 24.8 Å². The van der Waals surface area contributed by atoms with E-state index in [4.69, 9.17) is 21.7 Å². The van der Waals surface area contributed by atoms with Crippen molar-refractivity contribution in [1.29, 1.82) is 0 Å². The molecule has 1 aliphatic heterocycles. The lowest BCUT2D eigenvalue weighted by atomic mass is 10.0. The molecule has 0 bridgehead atoms. The van der Waals surface area contributed by atoms with Gasteiger partial charge in [-0.2, -0.15) is 0 Å². The van der Waals surface area contributed by atoms with Crippen LogP contribution in [-0.4, -0.2) is 29.6 Å². The van der Waals surface area contributed by atoms with Crippen LogP contribution in [0.1, 0.15) is 5.56 Å². The summed E-state index contributed by atoms with van der Waals surface area (Å²) in [6.07, 6.45) is 1.73. The standard InChI is InChI=1S/C24H19NO4S2/c1-28-20-11-9-17(16-6-4-3-5-7-16)14-18(20)25-23(27)22(31-24(25)30)13-15-8-10-19(26)21(12-15)29-2/h3-14,26H,1-2H3/b22-13+. The quantitative estimate of drug-likeness (QED) is 0.411. The Labute approximate surface area is 189 Å². The van der Waals surface area contributed by atoms with E-state index in [1.165, 1.54) is 29.8 Å². The van der Waals surface area contributed by atoms with Crippen molar-refractivity contribution in [3.8, 4) is 28.4 Å². The monoisotopic (exact) mass is 449 g/mol. The molecule has 0 radical (unpaired) electrons. The predicted molar refractivity (Wildman–Crippen MR) is 129 cm³/mol. The van der Waals surface area contributed by atoms with Crippen LogP contribution < -0.4 is 14.4 Å². The van der Waals surface area contributed by atoms with Gasteiger partial charge in [-0.15, -0.1) is 0 Å². The molecule has 0 aromatic heterocycles. The molecule has 1 N–H and O–H groups in total. The Hall–Kier alpha value is -3.29. The molecule has 3 aromatic rings. The van der Waals surface area contributed by atoms with Crippen LogP contribution in [0.3, 0.4) is 0 Å². The minimum atomic E-state index is -0.231. The van der Waals surface area contributed by atoms with E-state index in [9.17, 15) is 9.90 Å². The maximum Gasteiger partial charge on any atom is 0.270 e. The van der Waals surface area contributed by atoms with Crippen LogP contribution in [0.2, 0.25) is 0 Å². The first-order chi connectivity index (χ1) is 15.0. The highest BCUT2D eigenvalue weighted by Crippen LogP contribution is 2.42. The first-order valence-corrected chi connectivity index (χ1v) is 10.6. The highest BCUT2D eigenvalue weighted by molar-refractivity contribution is 8.27. The average molecular weight is 450 g/mol. The van der Waals surface area contributed by atoms with Gasteiger partial charge in [-0.3, -0.25) is 9.69 Å². The summed E-state index contributed by atoms with van der Waals surface area (Å²) in [5, 5.41) is 9.80. The molecule has 0 aliphatic carbocycles. The highest BCUT2D eigenvalue weighted by atomic mass is 32.2. The number of carbonyl (C=O) groups is 1. The zero-order valence-corrected chi connectivity index (χ0v) is 18.5. The summed E-state index contributed by atoms with van der Waals surface area (Å²) in [6, 6.07) is 20.5. The Morgan fingerprint density at radius 1 is 0.935 bits per heavy atom. The number of hydrogen-bond donors (Lipinski definition) is 1. The lowest BCUT2D eigenvalue weighted by Gasteiger charge is -2.19. The minimum absolute atomic E-state index is 0.0367. The van der Waals surface area contributed by atoms with E-state index in [0.717, 1.165) is 16.7 Å². The molecular formula is C24H19NO4S2. The minimum Gasteiger partial charge on any atom is -0.504 e. The summed E-state index contributed by atoms with van der Waals surface area (Å²) in [5.41, 5.74) is 3.31. The van der Waals surface area contributed by atoms with Gasteiger partial charge in [0.15, 0.2) is 15.8 Å². The summed E-state index contributed by atoms with van der Waals surface area (Å²) in [7, 11) is 3.04. The van der Waals surface area contributed by atoms with Crippen molar-refractivity contribution in [3.05, 3.63) is 77.2 Å². The number of thiocarbonyl (C=S) groups is 1. The van der Waals surface area contributed by atoms with Gasteiger partial charge in [-0.05, 0) is 47.0 Å². The Morgan fingerprint density at radius 3 is 2.39 bits per heavy atom. The van der Waals surface area contributed by atoms with Crippen molar-refractivity contribution in [3.63, 3.8) is 0 Å². The molecule has 7 heteroatoms. The van der Waals surface area contributed by atoms with E-state index in [2.05, 4.69) is 0 Å². The fourth-order valence-electron chi connectivity index (χ4n) is 3.29. The molecular weight excluding hydrogens is 430 g/mol. The number of nitrogens with zero attached hydrogens (tertiary/aromatic N) is 1. The van der Waals surface area contributed by atoms with Gasteiger partial charge >= 0.3 is 0 Å². The Kier molecular flexibility index (Phi) is 5.97. The van der Waals surface area contributed by atoms with Gasteiger partial charge in [0.25, 0.3) is 5.91 Å². The molecule has 0 spiro atoms. The number of hydrogen-bond acceptors (Lipinski definition) is 6. The third-order valence-electron chi connectivity index (χ3n) is 4.82. The Morgan fingerprint density at radius 2 is 1.68 bits per heavy atom. The van der Waals surface area contributed by atoms with E-state index in [0.29, 0.717) is 26.4 Å². The number of benzene rings is 3. The molecule has 1 fully saturated rings. The van der Waals surface area contributed by atoms with E-state index in [1.807, 2.05) is 48.5 Å². The van der Waals surface area contributed by atoms with Crippen LogP contribution in [0.5, 0.6) is 17.2 Å². The van der Waals surface area contributed by atoms with Crippen molar-refractivity contribution in [2.75, 3.05) is 19.1 Å². The average Bonchev–Trinajstić information content (AvgIpc) is 3.07. The number of anilines is 1. The predicted octanol–water partition coefficient (Wildman–Crippen LogP) is 5.48. The van der Waals surface area contributed by atoms with Gasteiger partial charge in [0.2, 0.25) is 0 Å². The van der Waals surface area contributed by atoms with E-state index >= 15 is 0 Å². The SMILES string of the molecule is COc1cc(/C=C2/SC(=S)N(c3cc(-c4ccccc4)ccc3OC)C2=O)ccc1O. The van der Waals surface area contributed by atoms with Gasteiger partial charge < -0.3 is 14.6 Å². The molecule has 5 nitrogen and oxygen atoms in total. The lowest BCUT2D eigenvalue weighted by molar-refractivity contribution is -0.113. The van der Waals surface area contributed by atoms with E-state index in [-0.39, 0.29) is 11.7 Å². The fourth-order valence-corrected chi connectivity index (χ4v) is 4.57. The molecule has 0 unspecified atom stereocenters. The zero-order chi connectivity index (χ0) is 22.0. The van der Waals surface area contributed by atoms with Crippen molar-refractivity contribution >= 4 is 46.0 Å². The fraction of sp³-hybridized carbons (Fsp3) is 0.0833. The van der Waals surface area contributed by atoms with Crippen LogP contribution in [0.15, 0.2) is 71.6 Å². The number of phenols is 1. The van der Waals surface area contributed by atoms with Crippen molar-refractivity contribution in [2.45, 2.75) is 0 Å². The number of aromatic hydroxyl groups is 1. The molecule has 1 amide bonds. The summed E-state index contributed by atoms with van der Waals surface area (Å²) in [6.45, 7) is 0. The van der Waals surface area contributed by atoms with Gasteiger partial charge in [0, 0.05) is 0 Å². The summed E-state index contributed by atoms with van der Waals surface area (Å²) < 4.78 is 11.1. The molecule has 0 atom stereocenters. The number of thioether (sulfide) groups is 1.